The van der Waals surface area contributed by atoms with Gasteiger partial charge in [0.05, 0.1) is 19.3 Å². The van der Waals surface area contributed by atoms with Gasteiger partial charge in [-0.15, -0.1) is 0 Å². The molecule has 0 aromatic heterocycles. The molecule has 0 aromatic rings. The number of rotatable bonds is 20. The molecule has 0 unspecified atom stereocenters. The molecule has 1 heterocycles. The third-order valence-corrected chi connectivity index (χ3v) is 17.2. The lowest BCUT2D eigenvalue weighted by atomic mass is 9.91. The lowest BCUT2D eigenvalue weighted by Crippen LogP contribution is -2.64. The smallest absolute Gasteiger partial charge is 0.332 e. The Balaban J connectivity index is 4.55. The van der Waals surface area contributed by atoms with E-state index in [1.165, 1.54) is 82.8 Å². The molecule has 5 N–H and O–H groups in total. The fourth-order valence-electron chi connectivity index (χ4n) is 11.4. The Hall–Kier alpha value is -6.70. The van der Waals surface area contributed by atoms with Crippen molar-refractivity contribution in [1.29, 1.82) is 0 Å². The van der Waals surface area contributed by atoms with E-state index in [0.29, 0.717) is 0 Å². The zero-order valence-corrected chi connectivity index (χ0v) is 60.8. The molecule has 1 saturated heterocycles. The first-order valence-corrected chi connectivity index (χ1v) is 33.2. The Morgan fingerprint density at radius 1 is 0.473 bits per heavy atom. The van der Waals surface area contributed by atoms with Crippen LogP contribution in [-0.2, 0) is 67.0 Å². The molecule has 1 aliphatic rings. The highest BCUT2D eigenvalue weighted by Crippen LogP contribution is 2.26. The predicted molar refractivity (Wildman–Crippen MR) is 355 cm³/mol. The number of likely N-dealkylation sites (N-methyl/N-ethyl adjacent to an activating group) is 7. The van der Waals surface area contributed by atoms with E-state index in [-0.39, 0.29) is 68.8 Å². The van der Waals surface area contributed by atoms with Gasteiger partial charge in [0, 0.05) is 49.3 Å². The van der Waals surface area contributed by atoms with E-state index in [0.717, 1.165) is 14.7 Å². The zero-order chi connectivity index (χ0) is 72.0. The van der Waals surface area contributed by atoms with Gasteiger partial charge < -0.3 is 70.1 Å². The molecule has 0 aliphatic carbocycles. The van der Waals surface area contributed by atoms with Gasteiger partial charge in [0.15, 0.2) is 0 Å². The Morgan fingerprint density at radius 2 is 0.882 bits per heavy atom. The quantitative estimate of drug-likeness (QED) is 0.0864. The number of aliphatic hydroxyl groups excluding tert-OH is 1. The van der Waals surface area contributed by atoms with E-state index in [4.69, 9.17) is 9.47 Å². The van der Waals surface area contributed by atoms with E-state index >= 15 is 28.8 Å². The van der Waals surface area contributed by atoms with E-state index in [1.54, 1.807) is 67.5 Å². The topological polar surface area (TPSA) is 314 Å². The van der Waals surface area contributed by atoms with E-state index in [1.807, 2.05) is 55.4 Å². The molecule has 93 heavy (non-hydrogen) atoms. The average Bonchev–Trinajstić information content (AvgIpc) is 0.855. The number of ether oxygens (including phenoxy) is 2. The Kier molecular flexibility index (Phi) is 35.6. The molecule has 0 saturated carbocycles. The molecule has 13 atom stereocenters. The fourth-order valence-corrected chi connectivity index (χ4v) is 11.4. The SMILES string of the molecule is C/C=C/C[C@@H](C)[C@@H](O)[C@H]1C(=O)N[C@@H](CC)C(=O)N(C)[C@H](COCC(=O)OCC)C(=O)N(C)[C@@H](CC(C)C)C(=O)N[C@@H](C(C)C)C(=O)N(C)[C@@H](CC(C)C)C(=O)N[C@@H](C)C(=O)N[C@@H](C)C(=O)N(C)[C@@H](CC(C)C)C(=O)N(C)[C@@H](CC(C)C)C(=O)N(C)[C@@H](C(C)C)C(=O)N1C. The Labute approximate surface area is 555 Å². The minimum absolute atomic E-state index is 0.0193. The maximum absolute atomic E-state index is 15.3. The first kappa shape index (κ1) is 84.3. The highest BCUT2D eigenvalue weighted by atomic mass is 16.6. The van der Waals surface area contributed by atoms with Crippen LogP contribution < -0.4 is 21.3 Å². The number of nitrogens with one attached hydrogen (secondary N) is 4. The number of aliphatic hydroxyl groups is 1. The van der Waals surface area contributed by atoms with Gasteiger partial charge in [0.1, 0.15) is 73.1 Å². The molecule has 11 amide bonds. The van der Waals surface area contributed by atoms with E-state index < -0.39 is 174 Å². The number of hydrogen-bond acceptors (Lipinski definition) is 15. The van der Waals surface area contributed by atoms with Gasteiger partial charge in [0.2, 0.25) is 65.0 Å². The standard InChI is InChI=1S/C67H119N11O15/c1-26-29-30-43(16)56(80)55-60(84)70-46(27-2)62(86)76(23)51(35-92-36-52(79)93-28-3)65(89)72(19)48(32-38(6)7)59(83)71-53(41(12)13)66(90)73(20)47(31-37(4)5)58(82)68-44(17)57(81)69-45(18)61(85)74(21)49(33-39(8)9)63(87)75(22)50(34-40(10)11)64(88)77(24)54(42(14)15)67(91)78(55)25/h26,29,37-51,53-56,80H,27-28,30-36H2,1-25H3,(H,68,82)(H,69,81)(H,70,84)(H,71,83)/b29-26+/t43-,44+,45+,46+,47+,48+,49+,50+,51-,53+,54+,55+,56-/m1/s1. The largest absolute Gasteiger partial charge is 0.464 e. The van der Waals surface area contributed by atoms with Crippen LogP contribution in [0.5, 0.6) is 0 Å². The monoisotopic (exact) mass is 1320 g/mol. The Bertz CT molecular complexity index is 2560. The molecule has 532 valence electrons. The summed E-state index contributed by atoms with van der Waals surface area (Å²) in [6.45, 7) is 29.8. The van der Waals surface area contributed by atoms with Gasteiger partial charge in [-0.2, -0.15) is 0 Å². The normalized spacial score (nSPS) is 26.3. The number of hydrogen-bond donors (Lipinski definition) is 5. The second-order valence-electron chi connectivity index (χ2n) is 27.6. The zero-order valence-electron chi connectivity index (χ0n) is 60.8. The molecular weight excluding hydrogens is 1200 g/mol. The van der Waals surface area contributed by atoms with Crippen molar-refractivity contribution in [2.75, 3.05) is 69.2 Å². The van der Waals surface area contributed by atoms with Crippen molar-refractivity contribution < 1.29 is 72.1 Å². The summed E-state index contributed by atoms with van der Waals surface area (Å²) < 4.78 is 10.8. The first-order chi connectivity index (χ1) is 43.1. The summed E-state index contributed by atoms with van der Waals surface area (Å²) in [4.78, 5) is 184. The Morgan fingerprint density at radius 3 is 1.33 bits per heavy atom. The molecule has 0 aromatic carbocycles. The van der Waals surface area contributed by atoms with Crippen LogP contribution in [0.25, 0.3) is 0 Å². The molecule has 0 spiro atoms. The summed E-state index contributed by atoms with van der Waals surface area (Å²) in [7, 11) is 9.65. The number of carbonyl (C=O) groups excluding carboxylic acids is 12. The van der Waals surface area contributed by atoms with Crippen LogP contribution in [0, 0.1) is 41.4 Å². The maximum Gasteiger partial charge on any atom is 0.332 e. The second-order valence-corrected chi connectivity index (χ2v) is 27.6. The van der Waals surface area contributed by atoms with Crippen molar-refractivity contribution in [2.24, 2.45) is 41.4 Å². The van der Waals surface area contributed by atoms with Crippen molar-refractivity contribution in [3.8, 4) is 0 Å². The summed E-state index contributed by atoms with van der Waals surface area (Å²) in [6, 6.07) is -14.7. The number of amides is 11. The summed E-state index contributed by atoms with van der Waals surface area (Å²) >= 11 is 0. The third kappa shape index (κ3) is 24.2. The summed E-state index contributed by atoms with van der Waals surface area (Å²) in [5, 5.41) is 23.2. The van der Waals surface area contributed by atoms with Gasteiger partial charge in [-0.1, -0.05) is 109 Å². The number of esters is 1. The lowest BCUT2D eigenvalue weighted by Gasteiger charge is -2.41. The maximum atomic E-state index is 15.3. The van der Waals surface area contributed by atoms with Crippen molar-refractivity contribution in [3.63, 3.8) is 0 Å². The van der Waals surface area contributed by atoms with Gasteiger partial charge in [-0.05, 0) is 108 Å². The minimum atomic E-state index is -1.70. The molecule has 1 fully saturated rings. The molecule has 26 heteroatoms. The predicted octanol–water partition coefficient (Wildman–Crippen LogP) is 3.22. The fraction of sp³-hybridized carbons (Fsp3) is 0.791. The minimum Gasteiger partial charge on any atom is -0.464 e. The van der Waals surface area contributed by atoms with Gasteiger partial charge >= 0.3 is 5.97 Å². The van der Waals surface area contributed by atoms with Crippen molar-refractivity contribution in [2.45, 2.75) is 236 Å². The first-order valence-electron chi connectivity index (χ1n) is 33.2. The molecular formula is C67H119N11O15. The highest BCUT2D eigenvalue weighted by molar-refractivity contribution is 6.00. The summed E-state index contributed by atoms with van der Waals surface area (Å²) in [5.74, 6) is -11.6. The van der Waals surface area contributed by atoms with Crippen LogP contribution in [0.4, 0.5) is 0 Å². The highest BCUT2D eigenvalue weighted by Gasteiger charge is 2.46. The van der Waals surface area contributed by atoms with Crippen molar-refractivity contribution in [3.05, 3.63) is 12.2 Å². The number of nitrogens with zero attached hydrogens (tertiary/aromatic N) is 7. The second kappa shape index (κ2) is 39.2. The lowest BCUT2D eigenvalue weighted by molar-refractivity contribution is -0.158. The van der Waals surface area contributed by atoms with Crippen LogP contribution in [0.3, 0.4) is 0 Å². The molecule has 0 radical (unpaired) electrons. The molecule has 26 nitrogen and oxygen atoms in total. The molecule has 1 aliphatic heterocycles. The van der Waals surface area contributed by atoms with Crippen molar-refractivity contribution >= 4 is 70.9 Å². The van der Waals surface area contributed by atoms with Crippen LogP contribution in [-0.4, -0.2) is 252 Å². The third-order valence-electron chi connectivity index (χ3n) is 17.2. The average molecular weight is 1320 g/mol. The van der Waals surface area contributed by atoms with Crippen LogP contribution in [0.1, 0.15) is 163 Å². The van der Waals surface area contributed by atoms with Gasteiger partial charge in [-0.3, -0.25) is 52.7 Å². The van der Waals surface area contributed by atoms with Gasteiger partial charge in [-0.25, -0.2) is 4.79 Å². The number of allylic oxidation sites excluding steroid dienone is 2. The van der Waals surface area contributed by atoms with Crippen molar-refractivity contribution in [1.82, 2.24) is 55.6 Å². The summed E-state index contributed by atoms with van der Waals surface area (Å²) in [6.07, 6.45) is 2.55. The molecule has 1 rings (SSSR count). The molecule has 0 bridgehead atoms. The van der Waals surface area contributed by atoms with Crippen LogP contribution in [0.2, 0.25) is 0 Å². The number of carbonyl (C=O) groups is 12. The summed E-state index contributed by atoms with van der Waals surface area (Å²) in [5.41, 5.74) is 0. The van der Waals surface area contributed by atoms with E-state index in [2.05, 4.69) is 21.3 Å². The van der Waals surface area contributed by atoms with Gasteiger partial charge in [0.25, 0.3) is 0 Å². The van der Waals surface area contributed by atoms with Crippen LogP contribution >= 0.6 is 0 Å². The van der Waals surface area contributed by atoms with Crippen LogP contribution in [0.15, 0.2) is 12.2 Å². The van der Waals surface area contributed by atoms with E-state index in [9.17, 15) is 33.9 Å².